The summed E-state index contributed by atoms with van der Waals surface area (Å²) in [5.74, 6) is -0.229. The van der Waals surface area contributed by atoms with Crippen molar-refractivity contribution in [2.75, 3.05) is 0 Å². The summed E-state index contributed by atoms with van der Waals surface area (Å²) in [5, 5.41) is 1.91. The van der Waals surface area contributed by atoms with E-state index < -0.39 is 5.60 Å². The van der Waals surface area contributed by atoms with Crippen LogP contribution in [0.3, 0.4) is 0 Å². The number of ether oxygens (including phenoxy) is 1. The quantitative estimate of drug-likeness (QED) is 0.748. The van der Waals surface area contributed by atoms with Gasteiger partial charge in [0.1, 0.15) is 5.60 Å². The molecule has 0 saturated heterocycles. The van der Waals surface area contributed by atoms with Crippen molar-refractivity contribution >= 4 is 17.3 Å². The fourth-order valence-corrected chi connectivity index (χ4v) is 3.21. The summed E-state index contributed by atoms with van der Waals surface area (Å²) in [5.41, 5.74) is 2.47. The molecule has 0 fully saturated rings. The second-order valence-corrected chi connectivity index (χ2v) is 6.56. The number of esters is 1. The van der Waals surface area contributed by atoms with Crippen molar-refractivity contribution in [2.24, 2.45) is 0 Å². The van der Waals surface area contributed by atoms with Crippen LogP contribution in [0.5, 0.6) is 0 Å². The van der Waals surface area contributed by atoms with Gasteiger partial charge in [0.2, 0.25) is 0 Å². The Kier molecular flexibility index (Phi) is 4.29. The highest BCUT2D eigenvalue weighted by atomic mass is 32.1. The van der Waals surface area contributed by atoms with E-state index in [4.69, 9.17) is 4.74 Å². The maximum absolute atomic E-state index is 12.3. The van der Waals surface area contributed by atoms with Gasteiger partial charge in [0, 0.05) is 10.3 Å². The molecule has 106 valence electrons. The Morgan fingerprint density at radius 3 is 2.40 bits per heavy atom. The molecule has 0 amide bonds. The third-order valence-electron chi connectivity index (χ3n) is 2.90. The second kappa shape index (κ2) is 5.80. The standard InChI is InChI=1S/C17H20O2S/c1-5-13-14(16(18)19-17(2,3)4)11-20-15(13)12-9-7-6-8-10-12/h6-11H,5H2,1-4H3. The lowest BCUT2D eigenvalue weighted by Crippen LogP contribution is -2.24. The zero-order valence-corrected chi connectivity index (χ0v) is 13.2. The molecule has 1 aromatic carbocycles. The summed E-state index contributed by atoms with van der Waals surface area (Å²) in [6, 6.07) is 10.2. The van der Waals surface area contributed by atoms with Crippen LogP contribution in [0.15, 0.2) is 35.7 Å². The average molecular weight is 288 g/mol. The minimum Gasteiger partial charge on any atom is -0.456 e. The van der Waals surface area contributed by atoms with Gasteiger partial charge in [-0.15, -0.1) is 11.3 Å². The first-order chi connectivity index (χ1) is 9.42. The van der Waals surface area contributed by atoms with Crippen LogP contribution < -0.4 is 0 Å². The summed E-state index contributed by atoms with van der Waals surface area (Å²) in [6.07, 6.45) is 0.822. The van der Waals surface area contributed by atoms with Gasteiger partial charge in [0.05, 0.1) is 5.56 Å². The molecule has 2 nitrogen and oxygen atoms in total. The number of benzene rings is 1. The van der Waals surface area contributed by atoms with Crippen LogP contribution in [0.4, 0.5) is 0 Å². The van der Waals surface area contributed by atoms with Crippen LogP contribution in [0.25, 0.3) is 10.4 Å². The first-order valence-electron chi connectivity index (χ1n) is 6.81. The number of carbonyl (C=O) groups is 1. The lowest BCUT2D eigenvalue weighted by atomic mass is 10.0. The van der Waals surface area contributed by atoms with E-state index in [9.17, 15) is 4.79 Å². The highest BCUT2D eigenvalue weighted by molar-refractivity contribution is 7.14. The third-order valence-corrected chi connectivity index (χ3v) is 3.97. The zero-order valence-electron chi connectivity index (χ0n) is 12.4. The normalized spacial score (nSPS) is 11.4. The Bertz CT molecular complexity index is 591. The Labute approximate surface area is 124 Å². The summed E-state index contributed by atoms with van der Waals surface area (Å²) < 4.78 is 5.48. The molecule has 20 heavy (non-hydrogen) atoms. The molecule has 0 radical (unpaired) electrons. The van der Waals surface area contributed by atoms with E-state index in [1.165, 1.54) is 0 Å². The molecule has 0 aliphatic heterocycles. The van der Waals surface area contributed by atoms with Crippen molar-refractivity contribution < 1.29 is 9.53 Å². The molecule has 3 heteroatoms. The van der Waals surface area contributed by atoms with Gasteiger partial charge >= 0.3 is 5.97 Å². The highest BCUT2D eigenvalue weighted by Gasteiger charge is 2.23. The Balaban J connectivity index is 2.38. The van der Waals surface area contributed by atoms with Crippen molar-refractivity contribution in [1.29, 1.82) is 0 Å². The Hall–Kier alpha value is -1.61. The number of thiophene rings is 1. The first kappa shape index (κ1) is 14.8. The molecule has 0 N–H and O–H groups in total. The van der Waals surface area contributed by atoms with E-state index in [0.717, 1.165) is 22.4 Å². The highest BCUT2D eigenvalue weighted by Crippen LogP contribution is 2.34. The van der Waals surface area contributed by atoms with Crippen LogP contribution in [0.1, 0.15) is 43.6 Å². The van der Waals surface area contributed by atoms with Crippen LogP contribution in [-0.2, 0) is 11.2 Å². The van der Waals surface area contributed by atoms with Crippen LogP contribution in [0, 0.1) is 0 Å². The number of rotatable bonds is 3. The molecular formula is C17H20O2S. The topological polar surface area (TPSA) is 26.3 Å². The zero-order chi connectivity index (χ0) is 14.8. The lowest BCUT2D eigenvalue weighted by molar-refractivity contribution is 0.00691. The smallest absolute Gasteiger partial charge is 0.339 e. The van der Waals surface area contributed by atoms with Gasteiger partial charge in [0.25, 0.3) is 0 Å². The molecule has 0 aliphatic carbocycles. The van der Waals surface area contributed by atoms with E-state index in [-0.39, 0.29) is 5.97 Å². The van der Waals surface area contributed by atoms with Gasteiger partial charge in [-0.05, 0) is 38.3 Å². The molecule has 0 bridgehead atoms. The summed E-state index contributed by atoms with van der Waals surface area (Å²) in [6.45, 7) is 7.74. The van der Waals surface area contributed by atoms with Crippen molar-refractivity contribution in [3.05, 3.63) is 46.8 Å². The summed E-state index contributed by atoms with van der Waals surface area (Å²) in [4.78, 5) is 13.4. The number of hydrogen-bond donors (Lipinski definition) is 0. The second-order valence-electron chi connectivity index (χ2n) is 5.68. The summed E-state index contributed by atoms with van der Waals surface area (Å²) >= 11 is 1.61. The minimum atomic E-state index is -0.461. The van der Waals surface area contributed by atoms with Gasteiger partial charge in [0.15, 0.2) is 0 Å². The fraction of sp³-hybridized carbons (Fsp3) is 0.353. The van der Waals surface area contributed by atoms with Gasteiger partial charge in [-0.2, -0.15) is 0 Å². The van der Waals surface area contributed by atoms with Crippen LogP contribution in [-0.4, -0.2) is 11.6 Å². The molecule has 0 unspecified atom stereocenters. The van der Waals surface area contributed by atoms with E-state index >= 15 is 0 Å². The SMILES string of the molecule is CCc1c(C(=O)OC(C)(C)C)csc1-c1ccccc1. The van der Waals surface area contributed by atoms with Gasteiger partial charge < -0.3 is 4.74 Å². The van der Waals surface area contributed by atoms with E-state index in [1.807, 2.05) is 44.4 Å². The van der Waals surface area contributed by atoms with E-state index in [2.05, 4.69) is 19.1 Å². The monoisotopic (exact) mass is 288 g/mol. The third kappa shape index (κ3) is 3.28. The molecular weight excluding hydrogens is 268 g/mol. The van der Waals surface area contributed by atoms with Gasteiger partial charge in [-0.25, -0.2) is 4.79 Å². The molecule has 0 aliphatic rings. The summed E-state index contributed by atoms with van der Waals surface area (Å²) in [7, 11) is 0. The number of carbonyl (C=O) groups excluding carboxylic acids is 1. The molecule has 0 saturated carbocycles. The molecule has 2 aromatic rings. The van der Waals surface area contributed by atoms with Crippen molar-refractivity contribution in [2.45, 2.75) is 39.7 Å². The van der Waals surface area contributed by atoms with Crippen molar-refractivity contribution in [3.63, 3.8) is 0 Å². The molecule has 2 rings (SSSR count). The minimum absolute atomic E-state index is 0.229. The van der Waals surface area contributed by atoms with Crippen LogP contribution in [0.2, 0.25) is 0 Å². The Morgan fingerprint density at radius 2 is 1.85 bits per heavy atom. The largest absolute Gasteiger partial charge is 0.456 e. The van der Waals surface area contributed by atoms with Gasteiger partial charge in [-0.1, -0.05) is 37.3 Å². The first-order valence-corrected chi connectivity index (χ1v) is 7.69. The van der Waals surface area contributed by atoms with E-state index in [0.29, 0.717) is 5.56 Å². The van der Waals surface area contributed by atoms with E-state index in [1.54, 1.807) is 11.3 Å². The fourth-order valence-electron chi connectivity index (χ4n) is 2.07. The predicted molar refractivity (Wildman–Crippen MR) is 84.3 cm³/mol. The van der Waals surface area contributed by atoms with Crippen LogP contribution >= 0.6 is 11.3 Å². The Morgan fingerprint density at radius 1 is 1.20 bits per heavy atom. The molecule has 0 spiro atoms. The van der Waals surface area contributed by atoms with Gasteiger partial charge in [-0.3, -0.25) is 0 Å². The molecule has 1 aromatic heterocycles. The lowest BCUT2D eigenvalue weighted by Gasteiger charge is -2.19. The predicted octanol–water partition coefficient (Wildman–Crippen LogP) is 4.93. The molecule has 0 atom stereocenters. The number of hydrogen-bond acceptors (Lipinski definition) is 3. The maximum atomic E-state index is 12.3. The molecule has 1 heterocycles. The average Bonchev–Trinajstić information content (AvgIpc) is 2.81. The van der Waals surface area contributed by atoms with Crippen molar-refractivity contribution in [3.8, 4) is 10.4 Å². The maximum Gasteiger partial charge on any atom is 0.339 e. The van der Waals surface area contributed by atoms with Crippen molar-refractivity contribution in [1.82, 2.24) is 0 Å².